The zero-order valence-corrected chi connectivity index (χ0v) is 12.4. The average Bonchev–Trinajstić information content (AvgIpc) is 2.34. The van der Waals surface area contributed by atoms with Crippen LogP contribution in [0.25, 0.3) is 0 Å². The van der Waals surface area contributed by atoms with Gasteiger partial charge in [0.05, 0.1) is 17.6 Å². The summed E-state index contributed by atoms with van der Waals surface area (Å²) < 4.78 is 43.8. The van der Waals surface area contributed by atoms with Crippen LogP contribution in [0.1, 0.15) is 44.9 Å². The first-order valence-electron chi connectivity index (χ1n) is 6.50. The number of hydrogen-bond donors (Lipinski definition) is 1. The maximum Gasteiger partial charge on any atom is 0.416 e. The third-order valence-electron chi connectivity index (χ3n) is 2.84. The van der Waals surface area contributed by atoms with E-state index in [4.69, 9.17) is 4.74 Å². The Morgan fingerprint density at radius 3 is 2.19 bits per heavy atom. The Balaban J connectivity index is 3.04. The lowest BCUT2D eigenvalue weighted by molar-refractivity contribution is -0.164. The number of esters is 1. The van der Waals surface area contributed by atoms with Crippen molar-refractivity contribution in [3.8, 4) is 0 Å². The van der Waals surface area contributed by atoms with E-state index in [9.17, 15) is 23.1 Å². The van der Waals surface area contributed by atoms with Gasteiger partial charge in [0.25, 0.3) is 0 Å². The van der Waals surface area contributed by atoms with E-state index in [0.29, 0.717) is 0 Å². The van der Waals surface area contributed by atoms with Crippen LogP contribution < -0.4 is 0 Å². The number of alkyl halides is 3. The fourth-order valence-corrected chi connectivity index (χ4v) is 1.81. The minimum absolute atomic E-state index is 0.330. The number of aliphatic hydroxyl groups is 1. The molecule has 0 amide bonds. The van der Waals surface area contributed by atoms with Crippen molar-refractivity contribution in [2.45, 2.75) is 45.6 Å². The van der Waals surface area contributed by atoms with E-state index >= 15 is 0 Å². The normalized spacial score (nSPS) is 15.4. The molecule has 0 heterocycles. The van der Waals surface area contributed by atoms with Gasteiger partial charge in [-0.1, -0.05) is 18.2 Å². The number of carbonyl (C=O) groups is 1. The highest BCUT2D eigenvalue weighted by Crippen LogP contribution is 2.36. The summed E-state index contributed by atoms with van der Waals surface area (Å²) >= 11 is 0. The van der Waals surface area contributed by atoms with Gasteiger partial charge in [0.2, 0.25) is 0 Å². The summed E-state index contributed by atoms with van der Waals surface area (Å²) in [6, 6.07) is 4.65. The minimum atomic E-state index is -4.59. The van der Waals surface area contributed by atoms with Crippen LogP contribution >= 0.6 is 0 Å². The van der Waals surface area contributed by atoms with Crippen LogP contribution in [0.2, 0.25) is 0 Å². The Labute approximate surface area is 121 Å². The molecule has 118 valence electrons. The van der Waals surface area contributed by atoms with Crippen LogP contribution in [0, 0.1) is 5.92 Å². The Hall–Kier alpha value is -1.56. The van der Waals surface area contributed by atoms with Crippen LogP contribution in [0.5, 0.6) is 0 Å². The lowest BCUT2D eigenvalue weighted by atomic mass is 9.93. The molecular weight excluding hydrogens is 285 g/mol. The molecule has 0 aliphatic heterocycles. The highest BCUT2D eigenvalue weighted by molar-refractivity contribution is 5.73. The predicted molar refractivity (Wildman–Crippen MR) is 71.4 cm³/mol. The summed E-state index contributed by atoms with van der Waals surface area (Å²) in [5.41, 5.74) is -2.05. The standard InChI is InChI=1S/C15H19F3O3/c1-9(13(20)21-14(2,3)4)12(19)10-7-5-6-8-11(10)15(16,17)18/h5-9,12,19H,1-4H3. The highest BCUT2D eigenvalue weighted by atomic mass is 19.4. The number of carbonyl (C=O) groups excluding carboxylic acids is 1. The number of ether oxygens (including phenoxy) is 1. The molecule has 0 radical (unpaired) electrons. The molecule has 0 aliphatic rings. The SMILES string of the molecule is CC(C(=O)OC(C)(C)C)C(O)c1ccccc1C(F)(F)F. The van der Waals surface area contributed by atoms with Gasteiger partial charge in [0, 0.05) is 0 Å². The van der Waals surface area contributed by atoms with Crippen molar-refractivity contribution in [1.82, 2.24) is 0 Å². The minimum Gasteiger partial charge on any atom is -0.460 e. The second-order valence-electron chi connectivity index (χ2n) is 5.85. The lowest BCUT2D eigenvalue weighted by Crippen LogP contribution is -2.31. The van der Waals surface area contributed by atoms with Crippen LogP contribution in [0.4, 0.5) is 13.2 Å². The fourth-order valence-electron chi connectivity index (χ4n) is 1.81. The second kappa shape index (κ2) is 6.05. The molecule has 1 rings (SSSR count). The van der Waals surface area contributed by atoms with Gasteiger partial charge in [0.15, 0.2) is 0 Å². The highest BCUT2D eigenvalue weighted by Gasteiger charge is 2.37. The summed E-state index contributed by atoms with van der Waals surface area (Å²) in [5, 5.41) is 10.1. The van der Waals surface area contributed by atoms with E-state index in [2.05, 4.69) is 0 Å². The predicted octanol–water partition coefficient (Wildman–Crippen LogP) is 3.72. The summed E-state index contributed by atoms with van der Waals surface area (Å²) in [7, 11) is 0. The number of benzene rings is 1. The van der Waals surface area contributed by atoms with Gasteiger partial charge in [-0.2, -0.15) is 13.2 Å². The van der Waals surface area contributed by atoms with Crippen LogP contribution in [0.3, 0.4) is 0 Å². The third kappa shape index (κ3) is 4.74. The molecule has 1 N–H and O–H groups in total. The van der Waals surface area contributed by atoms with E-state index in [1.807, 2.05) is 0 Å². The molecule has 0 fully saturated rings. The van der Waals surface area contributed by atoms with Crippen molar-refractivity contribution < 1.29 is 27.8 Å². The van der Waals surface area contributed by atoms with Crippen molar-refractivity contribution in [1.29, 1.82) is 0 Å². The Bertz CT molecular complexity index is 504. The molecule has 1 aromatic rings. The monoisotopic (exact) mass is 304 g/mol. The number of halogens is 3. The zero-order chi connectivity index (χ0) is 16.4. The molecule has 0 saturated heterocycles. The van der Waals surface area contributed by atoms with E-state index < -0.39 is 35.3 Å². The molecule has 0 bridgehead atoms. The first-order valence-corrected chi connectivity index (χ1v) is 6.50. The quantitative estimate of drug-likeness (QED) is 0.866. The van der Waals surface area contributed by atoms with E-state index in [0.717, 1.165) is 12.1 Å². The molecule has 2 atom stereocenters. The van der Waals surface area contributed by atoms with Gasteiger partial charge < -0.3 is 9.84 Å². The van der Waals surface area contributed by atoms with Gasteiger partial charge in [-0.15, -0.1) is 0 Å². The van der Waals surface area contributed by atoms with Gasteiger partial charge in [0.1, 0.15) is 5.60 Å². The summed E-state index contributed by atoms with van der Waals surface area (Å²) in [6.45, 7) is 6.28. The molecule has 2 unspecified atom stereocenters. The van der Waals surface area contributed by atoms with E-state index in [1.54, 1.807) is 20.8 Å². The lowest BCUT2D eigenvalue weighted by Gasteiger charge is -2.26. The molecule has 0 aromatic heterocycles. The maximum absolute atomic E-state index is 12.9. The van der Waals surface area contributed by atoms with Gasteiger partial charge in [-0.25, -0.2) is 0 Å². The summed E-state index contributed by atoms with van der Waals surface area (Å²) in [5.74, 6) is -1.85. The Morgan fingerprint density at radius 1 is 1.19 bits per heavy atom. The second-order valence-corrected chi connectivity index (χ2v) is 5.85. The van der Waals surface area contributed by atoms with Gasteiger partial charge >= 0.3 is 12.1 Å². The molecule has 0 saturated carbocycles. The van der Waals surface area contributed by atoms with Gasteiger partial charge in [-0.05, 0) is 39.3 Å². The van der Waals surface area contributed by atoms with Crippen molar-refractivity contribution in [3.63, 3.8) is 0 Å². The Kier molecular flexibility index (Phi) is 5.04. The van der Waals surface area contributed by atoms with Crippen molar-refractivity contribution in [2.75, 3.05) is 0 Å². The number of hydrogen-bond acceptors (Lipinski definition) is 3. The molecule has 21 heavy (non-hydrogen) atoms. The maximum atomic E-state index is 12.9. The van der Waals surface area contributed by atoms with Gasteiger partial charge in [-0.3, -0.25) is 4.79 Å². The van der Waals surface area contributed by atoms with E-state index in [-0.39, 0.29) is 5.56 Å². The van der Waals surface area contributed by atoms with Crippen molar-refractivity contribution >= 4 is 5.97 Å². The number of aliphatic hydroxyl groups excluding tert-OH is 1. The topological polar surface area (TPSA) is 46.5 Å². The van der Waals surface area contributed by atoms with Crippen molar-refractivity contribution in [3.05, 3.63) is 35.4 Å². The molecule has 0 aliphatic carbocycles. The molecular formula is C15H19F3O3. The zero-order valence-electron chi connectivity index (χ0n) is 12.4. The van der Waals surface area contributed by atoms with Crippen LogP contribution in [-0.4, -0.2) is 16.7 Å². The third-order valence-corrected chi connectivity index (χ3v) is 2.84. The summed E-state index contributed by atoms with van der Waals surface area (Å²) in [6.07, 6.45) is -6.18. The smallest absolute Gasteiger partial charge is 0.416 e. The molecule has 1 aromatic carbocycles. The number of rotatable bonds is 3. The molecule has 6 heteroatoms. The van der Waals surface area contributed by atoms with Crippen LogP contribution in [0.15, 0.2) is 24.3 Å². The largest absolute Gasteiger partial charge is 0.460 e. The Morgan fingerprint density at radius 2 is 1.71 bits per heavy atom. The summed E-state index contributed by atoms with van der Waals surface area (Å²) in [4.78, 5) is 11.9. The first kappa shape index (κ1) is 17.5. The molecule has 0 spiro atoms. The van der Waals surface area contributed by atoms with Crippen molar-refractivity contribution in [2.24, 2.45) is 5.92 Å². The van der Waals surface area contributed by atoms with E-state index in [1.165, 1.54) is 19.1 Å². The molecule has 3 nitrogen and oxygen atoms in total. The fraction of sp³-hybridized carbons (Fsp3) is 0.533. The first-order chi connectivity index (χ1) is 9.43. The average molecular weight is 304 g/mol. The van der Waals surface area contributed by atoms with Crippen LogP contribution in [-0.2, 0) is 15.7 Å².